The van der Waals surface area contributed by atoms with Gasteiger partial charge in [0.1, 0.15) is 6.54 Å². The fourth-order valence-corrected chi connectivity index (χ4v) is 2.20. The Hall–Kier alpha value is -1.77. The van der Waals surface area contributed by atoms with Crippen molar-refractivity contribution in [1.29, 1.82) is 0 Å². The lowest BCUT2D eigenvalue weighted by Gasteiger charge is -2.12. The number of hydrogen-bond donors (Lipinski definition) is 0. The van der Waals surface area contributed by atoms with Gasteiger partial charge in [0.2, 0.25) is 0 Å². The highest BCUT2D eigenvalue weighted by Crippen LogP contribution is 2.22. The minimum Gasteiger partial charge on any atom is -0.461 e. The number of nitrogens with zero attached hydrogens (tertiary/aromatic N) is 1. The first-order valence-electron chi connectivity index (χ1n) is 7.29. The van der Waals surface area contributed by atoms with E-state index in [1.807, 2.05) is 24.6 Å². The smallest absolute Gasteiger partial charge is 0.326 e. The third kappa shape index (κ3) is 3.21. The van der Waals surface area contributed by atoms with Gasteiger partial charge in [-0.1, -0.05) is 26.8 Å². The first kappa shape index (κ1) is 14.6. The fourth-order valence-electron chi connectivity index (χ4n) is 2.20. The summed E-state index contributed by atoms with van der Waals surface area (Å²) in [6, 6.07) is 8.46. The van der Waals surface area contributed by atoms with Gasteiger partial charge in [-0.25, -0.2) is 0 Å². The molecule has 1 aromatic heterocycles. The summed E-state index contributed by atoms with van der Waals surface area (Å²) in [5.74, 6) is 0.336. The number of hydrogen-bond acceptors (Lipinski definition) is 2. The number of benzene rings is 1. The molecule has 0 saturated heterocycles. The maximum absolute atomic E-state index is 11.9. The van der Waals surface area contributed by atoms with E-state index in [9.17, 15) is 4.79 Å². The summed E-state index contributed by atoms with van der Waals surface area (Å²) < 4.78 is 7.27. The second-order valence-corrected chi connectivity index (χ2v) is 5.63. The van der Waals surface area contributed by atoms with Crippen molar-refractivity contribution in [3.8, 4) is 0 Å². The van der Waals surface area contributed by atoms with E-state index in [1.54, 1.807) is 0 Å². The number of esters is 1. The van der Waals surface area contributed by atoms with Crippen LogP contribution < -0.4 is 0 Å². The van der Waals surface area contributed by atoms with E-state index >= 15 is 0 Å². The molecule has 1 unspecified atom stereocenters. The van der Waals surface area contributed by atoms with Gasteiger partial charge in [0, 0.05) is 11.7 Å². The van der Waals surface area contributed by atoms with Gasteiger partial charge in [-0.2, -0.15) is 0 Å². The van der Waals surface area contributed by atoms with E-state index in [0.29, 0.717) is 5.92 Å². The van der Waals surface area contributed by atoms with Crippen LogP contribution in [0.2, 0.25) is 0 Å². The SMILES string of the molecule is CCC(C)OC(=O)Cn1ccc2cc(C(C)C)ccc21. The largest absolute Gasteiger partial charge is 0.461 e. The van der Waals surface area contributed by atoms with Gasteiger partial charge < -0.3 is 9.30 Å². The van der Waals surface area contributed by atoms with E-state index < -0.39 is 0 Å². The molecular weight excluding hydrogens is 250 g/mol. The molecule has 0 aliphatic carbocycles. The minimum atomic E-state index is -0.176. The molecule has 2 rings (SSSR count). The molecule has 0 N–H and O–H groups in total. The van der Waals surface area contributed by atoms with Crippen molar-refractivity contribution in [2.24, 2.45) is 0 Å². The zero-order chi connectivity index (χ0) is 14.7. The second kappa shape index (κ2) is 6.12. The molecule has 2 aromatic rings. The molecule has 1 atom stereocenters. The van der Waals surface area contributed by atoms with Gasteiger partial charge in [0.15, 0.2) is 0 Å². The van der Waals surface area contributed by atoms with Gasteiger partial charge in [-0.3, -0.25) is 4.79 Å². The Bertz CT molecular complexity index is 598. The molecule has 3 nitrogen and oxygen atoms in total. The number of ether oxygens (including phenoxy) is 1. The number of carbonyl (C=O) groups excluding carboxylic acids is 1. The van der Waals surface area contributed by atoms with Gasteiger partial charge in [0.05, 0.1) is 6.10 Å². The Kier molecular flexibility index (Phi) is 4.48. The monoisotopic (exact) mass is 273 g/mol. The van der Waals surface area contributed by atoms with Crippen LogP contribution in [0.4, 0.5) is 0 Å². The number of fused-ring (bicyclic) bond motifs is 1. The summed E-state index contributed by atoms with van der Waals surface area (Å²) in [6.07, 6.45) is 2.78. The fraction of sp³-hybridized carbons (Fsp3) is 0.471. The molecule has 1 aromatic carbocycles. The maximum Gasteiger partial charge on any atom is 0.326 e. The molecule has 0 spiro atoms. The van der Waals surface area contributed by atoms with Crippen LogP contribution in [-0.2, 0) is 16.1 Å². The molecule has 1 heterocycles. The summed E-state index contributed by atoms with van der Waals surface area (Å²) in [5, 5.41) is 1.17. The highest BCUT2D eigenvalue weighted by atomic mass is 16.5. The summed E-state index contributed by atoms with van der Waals surface area (Å²) in [5.41, 5.74) is 2.40. The average Bonchev–Trinajstić information content (AvgIpc) is 2.80. The van der Waals surface area contributed by atoms with Crippen molar-refractivity contribution in [3.05, 3.63) is 36.0 Å². The molecule has 0 saturated carbocycles. The maximum atomic E-state index is 11.9. The summed E-state index contributed by atoms with van der Waals surface area (Å²) >= 11 is 0. The normalized spacial score (nSPS) is 12.8. The molecule has 0 aliphatic heterocycles. The molecule has 3 heteroatoms. The molecule has 108 valence electrons. The van der Waals surface area contributed by atoms with Crippen LogP contribution in [0, 0.1) is 0 Å². The van der Waals surface area contributed by atoms with Crippen LogP contribution in [0.5, 0.6) is 0 Å². The minimum absolute atomic E-state index is 0.0168. The van der Waals surface area contributed by atoms with E-state index in [4.69, 9.17) is 4.74 Å². The van der Waals surface area contributed by atoms with Crippen molar-refractivity contribution in [2.75, 3.05) is 0 Å². The summed E-state index contributed by atoms with van der Waals surface area (Å²) in [6.45, 7) is 8.56. The zero-order valence-electron chi connectivity index (χ0n) is 12.7. The molecule has 0 fully saturated rings. The number of carbonyl (C=O) groups is 1. The Balaban J connectivity index is 2.17. The van der Waals surface area contributed by atoms with Crippen LogP contribution in [0.1, 0.15) is 45.6 Å². The molecule has 20 heavy (non-hydrogen) atoms. The van der Waals surface area contributed by atoms with Gasteiger partial charge in [-0.05, 0) is 48.4 Å². The third-order valence-corrected chi connectivity index (χ3v) is 3.67. The summed E-state index contributed by atoms with van der Waals surface area (Å²) in [7, 11) is 0. The third-order valence-electron chi connectivity index (χ3n) is 3.67. The molecule has 0 amide bonds. The quantitative estimate of drug-likeness (QED) is 0.768. The predicted molar refractivity (Wildman–Crippen MR) is 81.9 cm³/mol. The van der Waals surface area contributed by atoms with Gasteiger partial charge in [0.25, 0.3) is 0 Å². The van der Waals surface area contributed by atoms with Crippen LogP contribution >= 0.6 is 0 Å². The number of aromatic nitrogens is 1. The van der Waals surface area contributed by atoms with Crippen molar-refractivity contribution in [1.82, 2.24) is 4.57 Å². The Labute approximate surface area is 120 Å². The molecule has 0 aliphatic rings. The Morgan fingerprint density at radius 2 is 2.00 bits per heavy atom. The topological polar surface area (TPSA) is 31.2 Å². The number of rotatable bonds is 5. The van der Waals surface area contributed by atoms with Gasteiger partial charge in [-0.15, -0.1) is 0 Å². The Morgan fingerprint density at radius 3 is 2.65 bits per heavy atom. The van der Waals surface area contributed by atoms with E-state index in [-0.39, 0.29) is 18.6 Å². The Morgan fingerprint density at radius 1 is 1.25 bits per heavy atom. The average molecular weight is 273 g/mol. The highest BCUT2D eigenvalue weighted by molar-refractivity contribution is 5.82. The van der Waals surface area contributed by atoms with Crippen LogP contribution in [-0.4, -0.2) is 16.6 Å². The molecule has 0 radical (unpaired) electrons. The van der Waals surface area contributed by atoms with Crippen LogP contribution in [0.25, 0.3) is 10.9 Å². The van der Waals surface area contributed by atoms with E-state index in [0.717, 1.165) is 11.9 Å². The second-order valence-electron chi connectivity index (χ2n) is 5.63. The van der Waals surface area contributed by atoms with Crippen LogP contribution in [0.3, 0.4) is 0 Å². The predicted octanol–water partition coefficient (Wildman–Crippen LogP) is 4.11. The van der Waals surface area contributed by atoms with Crippen molar-refractivity contribution in [3.63, 3.8) is 0 Å². The standard InChI is InChI=1S/C17H23NO2/c1-5-13(4)20-17(19)11-18-9-8-15-10-14(12(2)3)6-7-16(15)18/h6-10,12-13H,5,11H2,1-4H3. The van der Waals surface area contributed by atoms with Crippen molar-refractivity contribution in [2.45, 2.75) is 52.7 Å². The highest BCUT2D eigenvalue weighted by Gasteiger charge is 2.11. The summed E-state index contributed by atoms with van der Waals surface area (Å²) in [4.78, 5) is 11.9. The zero-order valence-corrected chi connectivity index (χ0v) is 12.7. The molecular formula is C17H23NO2. The van der Waals surface area contributed by atoms with E-state index in [2.05, 4.69) is 38.1 Å². The van der Waals surface area contributed by atoms with E-state index in [1.165, 1.54) is 10.9 Å². The van der Waals surface area contributed by atoms with Gasteiger partial charge >= 0.3 is 5.97 Å². The lowest BCUT2D eigenvalue weighted by atomic mass is 10.0. The van der Waals surface area contributed by atoms with Crippen molar-refractivity contribution < 1.29 is 9.53 Å². The lowest BCUT2D eigenvalue weighted by molar-refractivity contribution is -0.148. The first-order chi connectivity index (χ1) is 9.51. The molecule has 0 bridgehead atoms. The van der Waals surface area contributed by atoms with Crippen LogP contribution in [0.15, 0.2) is 30.5 Å². The lowest BCUT2D eigenvalue weighted by Crippen LogP contribution is -2.18. The van der Waals surface area contributed by atoms with Crippen molar-refractivity contribution >= 4 is 16.9 Å². The first-order valence-corrected chi connectivity index (χ1v) is 7.29.